The van der Waals surface area contributed by atoms with E-state index in [-0.39, 0.29) is 12.2 Å². The van der Waals surface area contributed by atoms with Crippen molar-refractivity contribution in [3.63, 3.8) is 0 Å². The molecule has 0 saturated carbocycles. The fraction of sp³-hybridized carbons (Fsp3) is 0.120. The molecule has 0 radical (unpaired) electrons. The Bertz CT molecular complexity index is 1250. The zero-order chi connectivity index (χ0) is 23.3. The molecular weight excluding hydrogens is 467 g/mol. The van der Waals surface area contributed by atoms with E-state index in [2.05, 4.69) is 5.32 Å². The minimum absolute atomic E-state index is 0.0788. The number of nitrogens with zero attached hydrogens (tertiary/aromatic N) is 1. The number of benzene rings is 3. The lowest BCUT2D eigenvalue weighted by Crippen LogP contribution is -2.13. The van der Waals surface area contributed by atoms with Gasteiger partial charge in [-0.1, -0.05) is 46.9 Å². The van der Waals surface area contributed by atoms with Gasteiger partial charge in [-0.2, -0.15) is 5.26 Å². The van der Waals surface area contributed by atoms with Crippen LogP contribution in [0.2, 0.25) is 15.1 Å². The molecule has 0 aliphatic rings. The van der Waals surface area contributed by atoms with Gasteiger partial charge >= 0.3 is 0 Å². The van der Waals surface area contributed by atoms with Gasteiger partial charge in [0, 0.05) is 16.3 Å². The Balaban J connectivity index is 1.83. The number of rotatable bonds is 6. The molecule has 0 atom stereocenters. The molecule has 0 saturated heterocycles. The van der Waals surface area contributed by atoms with Gasteiger partial charge in [-0.3, -0.25) is 4.79 Å². The standard InChI is InChI=1S/C25H19Cl3N2O2/c1-15-3-6-21(9-16(15)2)30-25(31)19(13-29)11-18-12-20(26)5-8-24(18)32-14-17-4-7-22(27)23(28)10-17/h3-12H,14H2,1-2H3,(H,30,31)/b19-11+. The van der Waals surface area contributed by atoms with Crippen LogP contribution in [0.3, 0.4) is 0 Å². The van der Waals surface area contributed by atoms with Crippen LogP contribution in [0.5, 0.6) is 5.75 Å². The van der Waals surface area contributed by atoms with E-state index >= 15 is 0 Å². The van der Waals surface area contributed by atoms with Crippen molar-refractivity contribution in [3.05, 3.63) is 97.5 Å². The number of amides is 1. The van der Waals surface area contributed by atoms with Crippen LogP contribution >= 0.6 is 34.8 Å². The Morgan fingerprint density at radius 1 is 1.00 bits per heavy atom. The Hall–Kier alpha value is -2.97. The summed E-state index contributed by atoms with van der Waals surface area (Å²) in [4.78, 5) is 12.7. The van der Waals surface area contributed by atoms with Crippen LogP contribution in [0.25, 0.3) is 6.08 Å². The molecule has 3 rings (SSSR count). The Morgan fingerprint density at radius 3 is 2.47 bits per heavy atom. The number of carbonyl (C=O) groups is 1. The van der Waals surface area contributed by atoms with Crippen molar-refractivity contribution in [2.45, 2.75) is 20.5 Å². The van der Waals surface area contributed by atoms with E-state index in [0.29, 0.717) is 32.1 Å². The van der Waals surface area contributed by atoms with Crippen LogP contribution in [0.15, 0.2) is 60.2 Å². The molecule has 32 heavy (non-hydrogen) atoms. The minimum atomic E-state index is -0.522. The molecule has 0 aliphatic carbocycles. The second-order valence-electron chi connectivity index (χ2n) is 7.14. The summed E-state index contributed by atoms with van der Waals surface area (Å²) in [7, 11) is 0. The van der Waals surface area contributed by atoms with Crippen molar-refractivity contribution in [1.82, 2.24) is 0 Å². The summed E-state index contributed by atoms with van der Waals surface area (Å²) >= 11 is 18.2. The van der Waals surface area contributed by atoms with Crippen molar-refractivity contribution in [2.24, 2.45) is 0 Å². The molecule has 0 bridgehead atoms. The van der Waals surface area contributed by atoms with E-state index < -0.39 is 5.91 Å². The van der Waals surface area contributed by atoms with Crippen LogP contribution in [0.1, 0.15) is 22.3 Å². The van der Waals surface area contributed by atoms with Crippen LogP contribution in [0, 0.1) is 25.2 Å². The second kappa shape index (κ2) is 10.6. The maximum absolute atomic E-state index is 12.7. The van der Waals surface area contributed by atoms with Crippen LogP contribution in [0.4, 0.5) is 5.69 Å². The number of nitrogens with one attached hydrogen (secondary N) is 1. The first-order valence-corrected chi connectivity index (χ1v) is 10.8. The number of nitriles is 1. The number of carbonyl (C=O) groups excluding carboxylic acids is 1. The summed E-state index contributed by atoms with van der Waals surface area (Å²) < 4.78 is 5.90. The fourth-order valence-electron chi connectivity index (χ4n) is 2.88. The number of anilines is 1. The second-order valence-corrected chi connectivity index (χ2v) is 8.39. The molecule has 3 aromatic rings. The molecule has 0 aromatic heterocycles. The van der Waals surface area contributed by atoms with Gasteiger partial charge in [-0.25, -0.2) is 0 Å². The molecule has 7 heteroatoms. The molecule has 0 spiro atoms. The van der Waals surface area contributed by atoms with E-state index in [0.717, 1.165) is 16.7 Å². The molecule has 0 heterocycles. The maximum atomic E-state index is 12.7. The molecule has 162 valence electrons. The Labute approximate surface area is 202 Å². The first-order valence-electron chi connectivity index (χ1n) is 9.63. The average Bonchev–Trinajstić information content (AvgIpc) is 2.76. The minimum Gasteiger partial charge on any atom is -0.488 e. The lowest BCUT2D eigenvalue weighted by Gasteiger charge is -2.11. The number of ether oxygens (including phenoxy) is 1. The Morgan fingerprint density at radius 2 is 1.78 bits per heavy atom. The van der Waals surface area contributed by atoms with Gasteiger partial charge in [0.1, 0.15) is 24.0 Å². The number of hydrogen-bond acceptors (Lipinski definition) is 3. The highest BCUT2D eigenvalue weighted by molar-refractivity contribution is 6.42. The van der Waals surface area contributed by atoms with Crippen molar-refractivity contribution in [3.8, 4) is 11.8 Å². The topological polar surface area (TPSA) is 62.1 Å². The third kappa shape index (κ3) is 6.05. The lowest BCUT2D eigenvalue weighted by atomic mass is 10.1. The van der Waals surface area contributed by atoms with Crippen molar-refractivity contribution >= 4 is 52.5 Å². The van der Waals surface area contributed by atoms with Gasteiger partial charge in [0.05, 0.1) is 10.0 Å². The highest BCUT2D eigenvalue weighted by Crippen LogP contribution is 2.28. The highest BCUT2D eigenvalue weighted by Gasteiger charge is 2.13. The molecule has 3 aromatic carbocycles. The van der Waals surface area contributed by atoms with Crippen molar-refractivity contribution in [2.75, 3.05) is 5.32 Å². The van der Waals surface area contributed by atoms with Crippen LogP contribution < -0.4 is 10.1 Å². The summed E-state index contributed by atoms with van der Waals surface area (Å²) in [5.41, 5.74) is 4.01. The van der Waals surface area contributed by atoms with Gasteiger partial charge in [0.15, 0.2) is 0 Å². The lowest BCUT2D eigenvalue weighted by molar-refractivity contribution is -0.112. The van der Waals surface area contributed by atoms with Crippen LogP contribution in [-0.4, -0.2) is 5.91 Å². The average molecular weight is 486 g/mol. The zero-order valence-corrected chi connectivity index (χ0v) is 19.6. The van der Waals surface area contributed by atoms with Gasteiger partial charge in [-0.15, -0.1) is 0 Å². The molecule has 0 unspecified atom stereocenters. The number of hydrogen-bond donors (Lipinski definition) is 1. The summed E-state index contributed by atoms with van der Waals surface area (Å²) in [5, 5.41) is 13.7. The van der Waals surface area contributed by atoms with E-state index in [4.69, 9.17) is 39.5 Å². The maximum Gasteiger partial charge on any atom is 0.266 e. The highest BCUT2D eigenvalue weighted by atomic mass is 35.5. The Kier molecular flexibility index (Phi) is 7.82. The predicted octanol–water partition coefficient (Wildman–Crippen LogP) is 7.39. The zero-order valence-electron chi connectivity index (χ0n) is 17.4. The first kappa shape index (κ1) is 23.7. The molecule has 1 N–H and O–H groups in total. The monoisotopic (exact) mass is 484 g/mol. The van der Waals surface area contributed by atoms with Gasteiger partial charge in [-0.05, 0) is 79.1 Å². The molecule has 0 fully saturated rings. The number of aryl methyl sites for hydroxylation is 2. The van der Waals surface area contributed by atoms with Gasteiger partial charge < -0.3 is 10.1 Å². The normalized spacial score (nSPS) is 11.1. The first-order chi connectivity index (χ1) is 15.3. The summed E-state index contributed by atoms with van der Waals surface area (Å²) in [6, 6.07) is 17.7. The smallest absolute Gasteiger partial charge is 0.266 e. The summed E-state index contributed by atoms with van der Waals surface area (Å²) in [5.74, 6) is -0.0571. The van der Waals surface area contributed by atoms with Gasteiger partial charge in [0.25, 0.3) is 5.91 Å². The molecule has 1 amide bonds. The molecule has 4 nitrogen and oxygen atoms in total. The van der Waals surface area contributed by atoms with E-state index in [1.165, 1.54) is 6.08 Å². The van der Waals surface area contributed by atoms with E-state index in [9.17, 15) is 10.1 Å². The summed E-state index contributed by atoms with van der Waals surface area (Å²) in [6.45, 7) is 4.16. The van der Waals surface area contributed by atoms with E-state index in [1.807, 2.05) is 32.0 Å². The SMILES string of the molecule is Cc1ccc(NC(=O)/C(C#N)=C/c2cc(Cl)ccc2OCc2ccc(Cl)c(Cl)c2)cc1C. The fourth-order valence-corrected chi connectivity index (χ4v) is 3.38. The van der Waals surface area contributed by atoms with E-state index in [1.54, 1.807) is 42.5 Å². The number of halogens is 3. The summed E-state index contributed by atoms with van der Waals surface area (Å²) in [6.07, 6.45) is 1.45. The predicted molar refractivity (Wildman–Crippen MR) is 130 cm³/mol. The van der Waals surface area contributed by atoms with Crippen molar-refractivity contribution in [1.29, 1.82) is 5.26 Å². The van der Waals surface area contributed by atoms with Crippen molar-refractivity contribution < 1.29 is 9.53 Å². The third-order valence-corrected chi connectivity index (χ3v) is 5.75. The van der Waals surface area contributed by atoms with Crippen LogP contribution in [-0.2, 0) is 11.4 Å². The molecular formula is C25H19Cl3N2O2. The largest absolute Gasteiger partial charge is 0.488 e. The van der Waals surface area contributed by atoms with Gasteiger partial charge in [0.2, 0.25) is 0 Å². The quantitative estimate of drug-likeness (QED) is 0.292. The third-order valence-electron chi connectivity index (χ3n) is 4.78. The molecule has 0 aliphatic heterocycles.